The topological polar surface area (TPSA) is 95.6 Å². The van der Waals surface area contributed by atoms with Gasteiger partial charge in [-0.15, -0.1) is 0 Å². The number of rotatable bonds is 3. The molecule has 1 aromatic heterocycles. The van der Waals surface area contributed by atoms with Crippen molar-refractivity contribution in [3.63, 3.8) is 0 Å². The number of aliphatic hydroxyl groups is 1. The highest BCUT2D eigenvalue weighted by atomic mass is 31.2. The number of hydrogen-bond donors (Lipinski definition) is 3. The third kappa shape index (κ3) is 2.42. The van der Waals surface area contributed by atoms with E-state index in [9.17, 15) is 4.57 Å². The van der Waals surface area contributed by atoms with Gasteiger partial charge in [0, 0.05) is 12.4 Å². The molecule has 0 aromatic carbocycles. The van der Waals surface area contributed by atoms with Crippen LogP contribution < -0.4 is 0 Å². The van der Waals surface area contributed by atoms with Crippen LogP contribution in [0.5, 0.6) is 0 Å². The van der Waals surface area contributed by atoms with E-state index in [0.29, 0.717) is 0 Å². The van der Waals surface area contributed by atoms with Crippen molar-refractivity contribution in [3.05, 3.63) is 18.5 Å². The van der Waals surface area contributed by atoms with E-state index < -0.39 is 13.4 Å². The van der Waals surface area contributed by atoms with Gasteiger partial charge in [0.25, 0.3) is 0 Å². The van der Waals surface area contributed by atoms with Gasteiger partial charge in [-0.25, -0.2) is 0 Å². The van der Waals surface area contributed by atoms with Gasteiger partial charge < -0.3 is 14.9 Å². The Hall–Kier alpha value is -0.680. The lowest BCUT2D eigenvalue weighted by molar-refractivity contribution is 0.180. The van der Waals surface area contributed by atoms with E-state index >= 15 is 0 Å². The summed E-state index contributed by atoms with van der Waals surface area (Å²) in [5, 5.41) is 12.6. The quantitative estimate of drug-likeness (QED) is 0.554. The fraction of sp³-hybridized carbons (Fsp3) is 0.400. The Morgan fingerprint density at radius 2 is 2.25 bits per heavy atom. The summed E-state index contributed by atoms with van der Waals surface area (Å²) in [5.74, 6) is -1.68. The highest BCUT2D eigenvalue weighted by Crippen LogP contribution is 2.39. The molecule has 1 rings (SSSR count). The number of aromatic nitrogens is 2. The van der Waals surface area contributed by atoms with E-state index in [1.165, 1.54) is 17.1 Å². The average Bonchev–Trinajstić information content (AvgIpc) is 2.37. The van der Waals surface area contributed by atoms with Gasteiger partial charge in [-0.2, -0.15) is 5.10 Å². The molecule has 1 atom stereocenters. The van der Waals surface area contributed by atoms with Crippen LogP contribution in [-0.4, -0.2) is 30.5 Å². The first-order valence-electron chi connectivity index (χ1n) is 3.21. The second kappa shape index (κ2) is 3.37. The van der Waals surface area contributed by atoms with Gasteiger partial charge in [-0.05, 0) is 6.07 Å². The Labute approximate surface area is 68.6 Å². The Morgan fingerprint density at radius 1 is 1.58 bits per heavy atom. The van der Waals surface area contributed by atoms with Crippen LogP contribution in [0.3, 0.4) is 0 Å². The summed E-state index contributed by atoms with van der Waals surface area (Å²) in [5.41, 5.74) is 0. The van der Waals surface area contributed by atoms with Crippen LogP contribution in [0.15, 0.2) is 18.5 Å². The van der Waals surface area contributed by atoms with Gasteiger partial charge in [0.1, 0.15) is 0 Å². The molecule has 0 aliphatic carbocycles. The molecule has 1 heterocycles. The molecule has 0 radical (unpaired) electrons. The summed E-state index contributed by atoms with van der Waals surface area (Å²) in [6.07, 6.45) is 2.98. The van der Waals surface area contributed by atoms with Gasteiger partial charge in [0.2, 0.25) is 0 Å². The standard InChI is InChI=1S/C5H9N2O4P/c8-5(12(9,10)11)4-7-3-1-2-6-7/h1-3,5,8H,4H2,(H2,9,10,11). The molecule has 0 spiro atoms. The Morgan fingerprint density at radius 3 is 2.67 bits per heavy atom. The van der Waals surface area contributed by atoms with Crippen molar-refractivity contribution in [2.45, 2.75) is 12.4 Å². The van der Waals surface area contributed by atoms with Crippen molar-refractivity contribution in [3.8, 4) is 0 Å². The molecule has 0 aliphatic rings. The summed E-state index contributed by atoms with van der Waals surface area (Å²) >= 11 is 0. The summed E-state index contributed by atoms with van der Waals surface area (Å²) in [7, 11) is -4.40. The molecule has 0 fully saturated rings. The van der Waals surface area contributed by atoms with Crippen molar-refractivity contribution in [1.82, 2.24) is 9.78 Å². The van der Waals surface area contributed by atoms with Gasteiger partial charge in [-0.3, -0.25) is 9.25 Å². The van der Waals surface area contributed by atoms with Crippen molar-refractivity contribution in [1.29, 1.82) is 0 Å². The second-order valence-corrected chi connectivity index (χ2v) is 4.07. The molecule has 1 aromatic rings. The highest BCUT2D eigenvalue weighted by Gasteiger charge is 2.26. The number of hydrogen-bond acceptors (Lipinski definition) is 3. The van der Waals surface area contributed by atoms with Gasteiger partial charge >= 0.3 is 7.60 Å². The van der Waals surface area contributed by atoms with Crippen molar-refractivity contribution in [2.24, 2.45) is 0 Å². The lowest BCUT2D eigenvalue weighted by Crippen LogP contribution is -2.16. The molecule has 0 bridgehead atoms. The third-order valence-corrected chi connectivity index (χ3v) is 2.24. The molecule has 0 saturated carbocycles. The maximum absolute atomic E-state index is 10.5. The van der Waals surface area contributed by atoms with Gasteiger partial charge in [-0.1, -0.05) is 0 Å². The van der Waals surface area contributed by atoms with E-state index in [2.05, 4.69) is 5.10 Å². The summed E-state index contributed by atoms with van der Waals surface area (Å²) < 4.78 is 11.7. The van der Waals surface area contributed by atoms with Gasteiger partial charge in [0.15, 0.2) is 5.85 Å². The normalized spacial score (nSPS) is 14.6. The monoisotopic (exact) mass is 192 g/mol. The molecular formula is C5H9N2O4P. The van der Waals surface area contributed by atoms with E-state index in [-0.39, 0.29) is 6.54 Å². The van der Waals surface area contributed by atoms with Crippen molar-refractivity contribution in [2.75, 3.05) is 0 Å². The largest absolute Gasteiger partial charge is 0.379 e. The average molecular weight is 192 g/mol. The Bertz CT molecular complexity index is 280. The van der Waals surface area contributed by atoms with Crippen LogP contribution >= 0.6 is 7.60 Å². The number of aliphatic hydroxyl groups excluding tert-OH is 1. The predicted octanol–water partition coefficient (Wildman–Crippen LogP) is -0.621. The molecule has 68 valence electrons. The van der Waals surface area contributed by atoms with E-state index in [4.69, 9.17) is 14.9 Å². The molecule has 0 saturated heterocycles. The highest BCUT2D eigenvalue weighted by molar-refractivity contribution is 7.52. The lowest BCUT2D eigenvalue weighted by atomic mass is 10.7. The second-order valence-electron chi connectivity index (χ2n) is 2.30. The maximum atomic E-state index is 10.5. The van der Waals surface area contributed by atoms with Gasteiger partial charge in [0.05, 0.1) is 6.54 Å². The smallest absolute Gasteiger partial charge is 0.355 e. The molecule has 12 heavy (non-hydrogen) atoms. The fourth-order valence-electron chi connectivity index (χ4n) is 0.682. The first-order valence-corrected chi connectivity index (χ1v) is 4.89. The van der Waals surface area contributed by atoms with Crippen molar-refractivity contribution < 1.29 is 19.5 Å². The fourth-order valence-corrected chi connectivity index (χ4v) is 1.06. The van der Waals surface area contributed by atoms with Crippen LogP contribution in [0.25, 0.3) is 0 Å². The minimum Gasteiger partial charge on any atom is -0.379 e. The zero-order chi connectivity index (χ0) is 9.19. The lowest BCUT2D eigenvalue weighted by Gasteiger charge is -2.11. The number of nitrogens with zero attached hydrogens (tertiary/aromatic N) is 2. The zero-order valence-electron chi connectivity index (χ0n) is 6.11. The van der Waals surface area contributed by atoms with E-state index in [0.717, 1.165) is 0 Å². The first-order chi connectivity index (χ1) is 5.50. The molecule has 7 heteroatoms. The minimum atomic E-state index is -4.40. The minimum absolute atomic E-state index is 0.197. The molecule has 1 unspecified atom stereocenters. The summed E-state index contributed by atoms with van der Waals surface area (Å²) in [4.78, 5) is 17.0. The molecule has 0 aliphatic heterocycles. The zero-order valence-corrected chi connectivity index (χ0v) is 7.00. The Kier molecular flexibility index (Phi) is 2.64. The van der Waals surface area contributed by atoms with Crippen molar-refractivity contribution >= 4 is 7.60 Å². The van der Waals surface area contributed by atoms with E-state index in [1.54, 1.807) is 6.07 Å². The van der Waals surface area contributed by atoms with E-state index in [1.807, 2.05) is 0 Å². The van der Waals surface area contributed by atoms with Crippen LogP contribution in [0.2, 0.25) is 0 Å². The van der Waals surface area contributed by atoms with Crippen LogP contribution in [0, 0.1) is 0 Å². The molecular weight excluding hydrogens is 183 g/mol. The predicted molar refractivity (Wildman–Crippen MR) is 40.3 cm³/mol. The molecule has 0 amide bonds. The third-order valence-electron chi connectivity index (χ3n) is 1.30. The van der Waals surface area contributed by atoms with Crippen LogP contribution in [0.4, 0.5) is 0 Å². The SMILES string of the molecule is O=P(O)(O)C(O)Cn1cccn1. The molecule has 3 N–H and O–H groups in total. The van der Waals surface area contributed by atoms with Crippen LogP contribution in [-0.2, 0) is 11.1 Å². The first kappa shape index (κ1) is 9.41. The van der Waals surface area contributed by atoms with Crippen LogP contribution in [0.1, 0.15) is 0 Å². The maximum Gasteiger partial charge on any atom is 0.355 e. The molecule has 6 nitrogen and oxygen atoms in total. The summed E-state index contributed by atoms with van der Waals surface area (Å²) in [6, 6.07) is 1.60. The Balaban J connectivity index is 2.59. The summed E-state index contributed by atoms with van der Waals surface area (Å²) in [6.45, 7) is -0.197.